The highest BCUT2D eigenvalue weighted by Crippen LogP contribution is 2.06. The van der Waals surface area contributed by atoms with Crippen LogP contribution in [0.15, 0.2) is 30.3 Å². The highest BCUT2D eigenvalue weighted by atomic mass is 16.1. The normalized spacial score (nSPS) is 12.4. The second kappa shape index (κ2) is 6.36. The van der Waals surface area contributed by atoms with Gasteiger partial charge in [-0.3, -0.25) is 4.79 Å². The van der Waals surface area contributed by atoms with Crippen LogP contribution in [0.25, 0.3) is 0 Å². The molecule has 0 aliphatic heterocycles. The predicted octanol–water partition coefficient (Wildman–Crippen LogP) is 2.19. The van der Waals surface area contributed by atoms with E-state index in [0.717, 1.165) is 19.3 Å². The van der Waals surface area contributed by atoms with E-state index in [4.69, 9.17) is 0 Å². The van der Waals surface area contributed by atoms with Gasteiger partial charge in [-0.2, -0.15) is 0 Å². The minimum absolute atomic E-state index is 0.0220. The van der Waals surface area contributed by atoms with Crippen molar-refractivity contribution >= 4 is 5.78 Å². The molecule has 0 aromatic heterocycles. The minimum atomic E-state index is 0.0220. The number of carbonyl (C=O) groups excluding carboxylic acids is 1. The third kappa shape index (κ3) is 4.26. The number of hydrogen-bond donors (Lipinski definition) is 1. The summed E-state index contributed by atoms with van der Waals surface area (Å²) in [6.45, 7) is 1.64. The quantitative estimate of drug-likeness (QED) is 0.771. The maximum Gasteiger partial charge on any atom is 0.146 e. The smallest absolute Gasteiger partial charge is 0.146 e. The van der Waals surface area contributed by atoms with Crippen molar-refractivity contribution in [3.63, 3.8) is 0 Å². The molecule has 0 saturated heterocycles. The lowest BCUT2D eigenvalue weighted by atomic mass is 10.0. The van der Waals surface area contributed by atoms with Gasteiger partial charge in [0.05, 0.1) is 6.04 Å². The molecule has 0 spiro atoms. The number of ketones is 1. The van der Waals surface area contributed by atoms with Crippen LogP contribution in [0.5, 0.6) is 0 Å². The molecule has 0 aliphatic rings. The summed E-state index contributed by atoms with van der Waals surface area (Å²) in [6, 6.07) is 10.4. The van der Waals surface area contributed by atoms with Crippen molar-refractivity contribution in [1.82, 2.24) is 5.32 Å². The average Bonchev–Trinajstić information content (AvgIpc) is 2.25. The molecule has 2 heteroatoms. The SMILES string of the molecule is CN[C@H](CCCc1ccccc1)C(C)=O. The molecular formula is C13H19NO. The van der Waals surface area contributed by atoms with E-state index in [1.807, 2.05) is 13.1 Å². The molecule has 1 rings (SSSR count). The summed E-state index contributed by atoms with van der Waals surface area (Å²) in [4.78, 5) is 11.2. The minimum Gasteiger partial charge on any atom is -0.311 e. The molecule has 1 aromatic carbocycles. The number of nitrogens with one attached hydrogen (secondary N) is 1. The van der Waals surface area contributed by atoms with Gasteiger partial charge in [0.2, 0.25) is 0 Å². The first kappa shape index (κ1) is 11.9. The Kier molecular flexibility index (Phi) is 5.05. The summed E-state index contributed by atoms with van der Waals surface area (Å²) in [5.74, 6) is 0.227. The summed E-state index contributed by atoms with van der Waals surface area (Å²) in [6.07, 6.45) is 3.02. The Morgan fingerprint density at radius 3 is 2.53 bits per heavy atom. The van der Waals surface area contributed by atoms with Crippen molar-refractivity contribution in [2.24, 2.45) is 0 Å². The van der Waals surface area contributed by atoms with Gasteiger partial charge in [-0.1, -0.05) is 30.3 Å². The lowest BCUT2D eigenvalue weighted by Gasteiger charge is -2.11. The molecule has 0 bridgehead atoms. The maximum atomic E-state index is 11.2. The van der Waals surface area contributed by atoms with Gasteiger partial charge in [0.1, 0.15) is 5.78 Å². The molecule has 15 heavy (non-hydrogen) atoms. The Bertz CT molecular complexity index is 295. The van der Waals surface area contributed by atoms with Gasteiger partial charge in [0.25, 0.3) is 0 Å². The summed E-state index contributed by atoms with van der Waals surface area (Å²) in [7, 11) is 1.84. The fourth-order valence-electron chi connectivity index (χ4n) is 1.71. The van der Waals surface area contributed by atoms with Crippen LogP contribution in [0.4, 0.5) is 0 Å². The van der Waals surface area contributed by atoms with Crippen LogP contribution in [0, 0.1) is 0 Å². The molecule has 2 nitrogen and oxygen atoms in total. The number of likely N-dealkylation sites (N-methyl/N-ethyl adjacent to an activating group) is 1. The lowest BCUT2D eigenvalue weighted by molar-refractivity contribution is -0.119. The van der Waals surface area contributed by atoms with Gasteiger partial charge < -0.3 is 5.32 Å². The fourth-order valence-corrected chi connectivity index (χ4v) is 1.71. The molecule has 1 N–H and O–H groups in total. The van der Waals surface area contributed by atoms with Gasteiger partial charge in [-0.15, -0.1) is 0 Å². The molecular weight excluding hydrogens is 186 g/mol. The zero-order chi connectivity index (χ0) is 11.1. The molecule has 1 aromatic rings. The first-order valence-electron chi connectivity index (χ1n) is 5.45. The zero-order valence-corrected chi connectivity index (χ0v) is 9.49. The van der Waals surface area contributed by atoms with Crippen LogP contribution in [0.1, 0.15) is 25.3 Å². The van der Waals surface area contributed by atoms with Crippen LogP contribution in [0.2, 0.25) is 0 Å². The van der Waals surface area contributed by atoms with Crippen LogP contribution in [-0.4, -0.2) is 18.9 Å². The van der Waals surface area contributed by atoms with Crippen LogP contribution in [0.3, 0.4) is 0 Å². The molecule has 0 aliphatic carbocycles. The summed E-state index contributed by atoms with van der Waals surface area (Å²) >= 11 is 0. The topological polar surface area (TPSA) is 29.1 Å². The molecule has 82 valence electrons. The number of carbonyl (C=O) groups is 1. The van der Waals surface area contributed by atoms with Crippen LogP contribution in [-0.2, 0) is 11.2 Å². The van der Waals surface area contributed by atoms with Gasteiger partial charge in [-0.25, -0.2) is 0 Å². The van der Waals surface area contributed by atoms with Crippen molar-refractivity contribution in [2.45, 2.75) is 32.2 Å². The molecule has 0 radical (unpaired) electrons. The van der Waals surface area contributed by atoms with Crippen molar-refractivity contribution in [3.8, 4) is 0 Å². The van der Waals surface area contributed by atoms with Crippen molar-refractivity contribution < 1.29 is 4.79 Å². The van der Waals surface area contributed by atoms with Crippen molar-refractivity contribution in [2.75, 3.05) is 7.05 Å². The Labute approximate surface area is 91.7 Å². The lowest BCUT2D eigenvalue weighted by Crippen LogP contribution is -2.32. The second-order valence-corrected chi connectivity index (χ2v) is 3.83. The number of aryl methyl sites for hydroxylation is 1. The van der Waals surface area contributed by atoms with E-state index in [2.05, 4.69) is 29.6 Å². The summed E-state index contributed by atoms with van der Waals surface area (Å²) < 4.78 is 0. The van der Waals surface area contributed by atoms with E-state index >= 15 is 0 Å². The van der Waals surface area contributed by atoms with E-state index in [0.29, 0.717) is 0 Å². The summed E-state index contributed by atoms with van der Waals surface area (Å²) in [5, 5.41) is 3.04. The zero-order valence-electron chi connectivity index (χ0n) is 9.49. The highest BCUT2D eigenvalue weighted by molar-refractivity contribution is 5.81. The Balaban J connectivity index is 2.30. The van der Waals surface area contributed by atoms with E-state index in [9.17, 15) is 4.79 Å². The molecule has 0 amide bonds. The molecule has 0 fully saturated rings. The monoisotopic (exact) mass is 205 g/mol. The summed E-state index contributed by atoms with van der Waals surface area (Å²) in [5.41, 5.74) is 1.34. The third-order valence-corrected chi connectivity index (χ3v) is 2.64. The van der Waals surface area contributed by atoms with Crippen molar-refractivity contribution in [3.05, 3.63) is 35.9 Å². The van der Waals surface area contributed by atoms with Crippen molar-refractivity contribution in [1.29, 1.82) is 0 Å². The van der Waals surface area contributed by atoms with Gasteiger partial charge in [0.15, 0.2) is 0 Å². The molecule has 0 saturated carbocycles. The number of benzene rings is 1. The third-order valence-electron chi connectivity index (χ3n) is 2.64. The van der Waals surface area contributed by atoms with E-state index in [-0.39, 0.29) is 11.8 Å². The standard InChI is InChI=1S/C13H19NO/c1-11(15)13(14-2)10-6-9-12-7-4-3-5-8-12/h3-5,7-8,13-14H,6,9-10H2,1-2H3/t13-/m1/s1. The van der Waals surface area contributed by atoms with E-state index in [1.165, 1.54) is 5.56 Å². The largest absolute Gasteiger partial charge is 0.311 e. The average molecular weight is 205 g/mol. The molecule has 0 heterocycles. The Morgan fingerprint density at radius 1 is 1.33 bits per heavy atom. The second-order valence-electron chi connectivity index (χ2n) is 3.83. The molecule has 0 unspecified atom stereocenters. The van der Waals surface area contributed by atoms with Gasteiger partial charge in [0, 0.05) is 0 Å². The Hall–Kier alpha value is -1.15. The molecule has 1 atom stereocenters. The number of hydrogen-bond acceptors (Lipinski definition) is 2. The first-order valence-corrected chi connectivity index (χ1v) is 5.45. The van der Waals surface area contributed by atoms with Gasteiger partial charge in [-0.05, 0) is 38.8 Å². The maximum absolute atomic E-state index is 11.2. The number of Topliss-reactive ketones (excluding diaryl/α,β-unsaturated/α-hetero) is 1. The van der Waals surface area contributed by atoms with E-state index in [1.54, 1.807) is 6.92 Å². The first-order chi connectivity index (χ1) is 7.24. The fraction of sp³-hybridized carbons (Fsp3) is 0.462. The predicted molar refractivity (Wildman–Crippen MR) is 62.9 cm³/mol. The van der Waals surface area contributed by atoms with E-state index < -0.39 is 0 Å². The Morgan fingerprint density at radius 2 is 2.00 bits per heavy atom. The van der Waals surface area contributed by atoms with Gasteiger partial charge >= 0.3 is 0 Å². The highest BCUT2D eigenvalue weighted by Gasteiger charge is 2.10. The van der Waals surface area contributed by atoms with Crippen LogP contribution < -0.4 is 5.32 Å². The van der Waals surface area contributed by atoms with Crippen LogP contribution >= 0.6 is 0 Å². The number of rotatable bonds is 6.